The Labute approximate surface area is 179 Å². The normalized spacial score (nSPS) is 11.3. The molecule has 0 unspecified atom stereocenters. The summed E-state index contributed by atoms with van der Waals surface area (Å²) in [7, 11) is 3.37. The molecule has 0 saturated carbocycles. The molecule has 0 heterocycles. The Morgan fingerprint density at radius 3 is 2.56 bits per heavy atom. The lowest BCUT2D eigenvalue weighted by Crippen LogP contribution is -2.43. The Kier molecular flexibility index (Phi) is 11.8. The van der Waals surface area contributed by atoms with Gasteiger partial charge in [-0.25, -0.2) is 9.79 Å². The standard InChI is InChI=1S/C19H32N4O3.HI/c1-7-20-17(22-14-15-9-8-10-16(13-15)25-6)21-11-12-23(5)18(24)26-19(2,3)4;/h8-10,13H,7,11-12,14H2,1-6H3,(H2,20,21,22);1H. The predicted octanol–water partition coefficient (Wildman–Crippen LogP) is 3.24. The molecule has 1 aromatic carbocycles. The van der Waals surface area contributed by atoms with Crippen molar-refractivity contribution in [2.24, 2.45) is 4.99 Å². The maximum Gasteiger partial charge on any atom is 0.410 e. The Bertz CT molecular complexity index is 603. The summed E-state index contributed by atoms with van der Waals surface area (Å²) in [4.78, 5) is 18.1. The van der Waals surface area contributed by atoms with Gasteiger partial charge in [-0.2, -0.15) is 0 Å². The van der Waals surface area contributed by atoms with Crippen molar-refractivity contribution in [1.29, 1.82) is 0 Å². The molecule has 0 radical (unpaired) electrons. The quantitative estimate of drug-likeness (QED) is 0.348. The molecule has 0 fully saturated rings. The van der Waals surface area contributed by atoms with Crippen LogP contribution in [0.1, 0.15) is 33.3 Å². The average Bonchev–Trinajstić information content (AvgIpc) is 2.58. The first-order valence-electron chi connectivity index (χ1n) is 8.84. The number of guanidine groups is 1. The lowest BCUT2D eigenvalue weighted by Gasteiger charge is -2.24. The van der Waals surface area contributed by atoms with Crippen LogP contribution in [0.25, 0.3) is 0 Å². The topological polar surface area (TPSA) is 75.2 Å². The largest absolute Gasteiger partial charge is 0.497 e. The zero-order valence-corrected chi connectivity index (χ0v) is 19.5. The van der Waals surface area contributed by atoms with E-state index in [9.17, 15) is 4.79 Å². The van der Waals surface area contributed by atoms with Gasteiger partial charge in [0.15, 0.2) is 5.96 Å². The summed E-state index contributed by atoms with van der Waals surface area (Å²) < 4.78 is 10.6. The molecule has 0 aliphatic heterocycles. The van der Waals surface area contributed by atoms with Gasteiger partial charge in [-0.05, 0) is 45.4 Å². The Hall–Kier alpha value is -1.71. The van der Waals surface area contributed by atoms with E-state index in [-0.39, 0.29) is 30.1 Å². The number of carbonyl (C=O) groups is 1. The maximum absolute atomic E-state index is 11.9. The fraction of sp³-hybridized carbons (Fsp3) is 0.579. The third kappa shape index (κ3) is 10.9. The lowest BCUT2D eigenvalue weighted by atomic mass is 10.2. The number of hydrogen-bond acceptors (Lipinski definition) is 4. The Morgan fingerprint density at radius 1 is 1.26 bits per heavy atom. The first-order chi connectivity index (χ1) is 12.2. The lowest BCUT2D eigenvalue weighted by molar-refractivity contribution is 0.0302. The number of nitrogens with zero attached hydrogens (tertiary/aromatic N) is 2. The van der Waals surface area contributed by atoms with Gasteiger partial charge in [-0.15, -0.1) is 24.0 Å². The van der Waals surface area contributed by atoms with E-state index in [4.69, 9.17) is 9.47 Å². The van der Waals surface area contributed by atoms with Crippen LogP contribution in [0.15, 0.2) is 29.3 Å². The fourth-order valence-electron chi connectivity index (χ4n) is 2.06. The highest BCUT2D eigenvalue weighted by Gasteiger charge is 2.19. The van der Waals surface area contributed by atoms with E-state index in [2.05, 4.69) is 15.6 Å². The number of rotatable bonds is 7. The van der Waals surface area contributed by atoms with Crippen LogP contribution in [0.3, 0.4) is 0 Å². The second kappa shape index (κ2) is 12.6. The van der Waals surface area contributed by atoms with Gasteiger partial charge < -0.3 is 25.0 Å². The fourth-order valence-corrected chi connectivity index (χ4v) is 2.06. The number of benzene rings is 1. The molecule has 8 heteroatoms. The average molecular weight is 492 g/mol. The van der Waals surface area contributed by atoms with Crippen molar-refractivity contribution in [1.82, 2.24) is 15.5 Å². The molecule has 1 aromatic rings. The summed E-state index contributed by atoms with van der Waals surface area (Å²) in [6.45, 7) is 9.94. The SMILES string of the molecule is CCNC(=NCc1cccc(OC)c1)NCCN(C)C(=O)OC(C)(C)C.I. The van der Waals surface area contributed by atoms with Crippen LogP contribution in [0.5, 0.6) is 5.75 Å². The van der Waals surface area contributed by atoms with Crippen molar-refractivity contribution in [3.63, 3.8) is 0 Å². The summed E-state index contributed by atoms with van der Waals surface area (Å²) in [5, 5.41) is 6.42. The molecule has 0 saturated heterocycles. The van der Waals surface area contributed by atoms with Crippen molar-refractivity contribution in [2.45, 2.75) is 39.8 Å². The van der Waals surface area contributed by atoms with Gasteiger partial charge in [0.1, 0.15) is 11.4 Å². The number of ether oxygens (including phenoxy) is 2. The van der Waals surface area contributed by atoms with Crippen LogP contribution in [-0.4, -0.2) is 56.3 Å². The van der Waals surface area contributed by atoms with Crippen molar-refractivity contribution >= 4 is 36.0 Å². The predicted molar refractivity (Wildman–Crippen MR) is 120 cm³/mol. The highest BCUT2D eigenvalue weighted by molar-refractivity contribution is 14.0. The van der Waals surface area contributed by atoms with Gasteiger partial charge in [0, 0.05) is 26.7 Å². The molecule has 7 nitrogen and oxygen atoms in total. The summed E-state index contributed by atoms with van der Waals surface area (Å²) in [5.74, 6) is 1.52. The highest BCUT2D eigenvalue weighted by Crippen LogP contribution is 2.13. The van der Waals surface area contributed by atoms with Gasteiger partial charge in [0.2, 0.25) is 0 Å². The van der Waals surface area contributed by atoms with Crippen molar-refractivity contribution in [3.8, 4) is 5.75 Å². The van der Waals surface area contributed by atoms with Gasteiger partial charge in [0.25, 0.3) is 0 Å². The highest BCUT2D eigenvalue weighted by atomic mass is 127. The van der Waals surface area contributed by atoms with E-state index in [1.807, 2.05) is 52.0 Å². The van der Waals surface area contributed by atoms with Crippen molar-refractivity contribution in [3.05, 3.63) is 29.8 Å². The molecular formula is C19H33IN4O3. The zero-order valence-electron chi connectivity index (χ0n) is 17.2. The first-order valence-corrected chi connectivity index (χ1v) is 8.84. The van der Waals surface area contributed by atoms with Gasteiger partial charge >= 0.3 is 6.09 Å². The molecule has 0 aliphatic carbocycles. The number of hydrogen-bond donors (Lipinski definition) is 2. The number of aliphatic imine (C=N–C) groups is 1. The Balaban J connectivity index is 0.00000676. The van der Waals surface area contributed by atoms with E-state index in [1.54, 1.807) is 19.1 Å². The van der Waals surface area contributed by atoms with Crippen molar-refractivity contribution in [2.75, 3.05) is 33.8 Å². The molecule has 1 amide bonds. The number of nitrogens with one attached hydrogen (secondary N) is 2. The number of carbonyl (C=O) groups excluding carboxylic acids is 1. The molecule has 0 aromatic heterocycles. The molecule has 0 aliphatic rings. The molecule has 0 bridgehead atoms. The number of likely N-dealkylation sites (N-methyl/N-ethyl adjacent to an activating group) is 1. The molecular weight excluding hydrogens is 459 g/mol. The second-order valence-electron chi connectivity index (χ2n) is 6.88. The van der Waals surface area contributed by atoms with E-state index < -0.39 is 5.60 Å². The second-order valence-corrected chi connectivity index (χ2v) is 6.88. The van der Waals surface area contributed by atoms with Crippen LogP contribution < -0.4 is 15.4 Å². The molecule has 1 rings (SSSR count). The molecule has 0 spiro atoms. The summed E-state index contributed by atoms with van der Waals surface area (Å²) >= 11 is 0. The summed E-state index contributed by atoms with van der Waals surface area (Å²) in [5.41, 5.74) is 0.568. The summed E-state index contributed by atoms with van der Waals surface area (Å²) in [6.07, 6.45) is -0.336. The van der Waals surface area contributed by atoms with E-state index in [0.717, 1.165) is 17.9 Å². The van der Waals surface area contributed by atoms with Crippen LogP contribution in [0, 0.1) is 0 Å². The molecule has 27 heavy (non-hydrogen) atoms. The van der Waals surface area contributed by atoms with E-state index >= 15 is 0 Å². The Morgan fingerprint density at radius 2 is 1.96 bits per heavy atom. The van der Waals surface area contributed by atoms with Gasteiger partial charge in [-0.1, -0.05) is 12.1 Å². The van der Waals surface area contributed by atoms with Crippen molar-refractivity contribution < 1.29 is 14.3 Å². The summed E-state index contributed by atoms with van der Waals surface area (Å²) in [6, 6.07) is 7.82. The van der Waals surface area contributed by atoms with Gasteiger partial charge in [0.05, 0.1) is 13.7 Å². The number of halogens is 1. The molecule has 154 valence electrons. The monoisotopic (exact) mass is 492 g/mol. The minimum atomic E-state index is -0.494. The third-order valence-electron chi connectivity index (χ3n) is 3.34. The minimum Gasteiger partial charge on any atom is -0.497 e. The molecule has 0 atom stereocenters. The van der Waals surface area contributed by atoms with Crippen LogP contribution in [0.2, 0.25) is 0 Å². The third-order valence-corrected chi connectivity index (χ3v) is 3.34. The zero-order chi connectivity index (χ0) is 19.6. The smallest absolute Gasteiger partial charge is 0.410 e. The van der Waals surface area contributed by atoms with Crippen LogP contribution in [-0.2, 0) is 11.3 Å². The van der Waals surface area contributed by atoms with E-state index in [0.29, 0.717) is 25.6 Å². The first kappa shape index (κ1) is 25.3. The van der Waals surface area contributed by atoms with Crippen LogP contribution in [0.4, 0.5) is 4.79 Å². The number of methoxy groups -OCH3 is 1. The van der Waals surface area contributed by atoms with E-state index in [1.165, 1.54) is 0 Å². The minimum absolute atomic E-state index is 0. The van der Waals surface area contributed by atoms with Gasteiger partial charge in [-0.3, -0.25) is 0 Å². The maximum atomic E-state index is 11.9. The number of amides is 1. The van der Waals surface area contributed by atoms with Crippen LogP contribution >= 0.6 is 24.0 Å². The molecule has 2 N–H and O–H groups in total.